The van der Waals surface area contributed by atoms with Gasteiger partial charge in [-0.3, -0.25) is 9.58 Å². The molecule has 25 heavy (non-hydrogen) atoms. The van der Waals surface area contributed by atoms with Crippen LogP contribution in [0.25, 0.3) is 0 Å². The van der Waals surface area contributed by atoms with Crippen LogP contribution in [-0.4, -0.2) is 57.4 Å². The molecule has 0 saturated carbocycles. The quantitative estimate of drug-likeness (QED) is 0.690. The minimum atomic E-state index is 0.861. The van der Waals surface area contributed by atoms with Crippen LogP contribution in [0.1, 0.15) is 29.8 Å². The Morgan fingerprint density at radius 2 is 1.60 bits per heavy atom. The van der Waals surface area contributed by atoms with Crippen molar-refractivity contribution in [2.45, 2.75) is 40.2 Å². The van der Waals surface area contributed by atoms with Crippen molar-refractivity contribution < 1.29 is 0 Å². The maximum absolute atomic E-state index is 4.58. The van der Waals surface area contributed by atoms with E-state index in [2.05, 4.69) is 52.4 Å². The number of piperazine rings is 1. The monoisotopic (exact) mass is 406 g/mol. The van der Waals surface area contributed by atoms with E-state index in [0.29, 0.717) is 0 Å². The van der Waals surface area contributed by atoms with Crippen molar-refractivity contribution in [1.29, 1.82) is 0 Å². The lowest BCUT2D eigenvalue weighted by molar-refractivity contribution is 0.249. The highest BCUT2D eigenvalue weighted by atomic mass is 79.9. The van der Waals surface area contributed by atoms with Crippen molar-refractivity contribution in [1.82, 2.24) is 24.6 Å². The van der Waals surface area contributed by atoms with Crippen molar-refractivity contribution in [3.05, 3.63) is 33.8 Å². The average molecular weight is 407 g/mol. The van der Waals surface area contributed by atoms with Gasteiger partial charge in [-0.05, 0) is 61.7 Å². The lowest BCUT2D eigenvalue weighted by atomic mass is 10.2. The molecule has 3 rings (SSSR count). The van der Waals surface area contributed by atoms with Crippen LogP contribution >= 0.6 is 15.9 Å². The highest BCUT2D eigenvalue weighted by molar-refractivity contribution is 9.10. The van der Waals surface area contributed by atoms with Gasteiger partial charge in [-0.25, -0.2) is 9.97 Å². The number of anilines is 1. The molecule has 1 aliphatic rings. The predicted octanol–water partition coefficient (Wildman–Crippen LogP) is 2.96. The highest BCUT2D eigenvalue weighted by Gasteiger charge is 2.18. The Morgan fingerprint density at radius 3 is 2.20 bits per heavy atom. The third-order valence-corrected chi connectivity index (χ3v) is 5.96. The Hall–Kier alpha value is -1.47. The van der Waals surface area contributed by atoms with Crippen molar-refractivity contribution in [2.24, 2.45) is 0 Å². The molecular weight excluding hydrogens is 380 g/mol. The second kappa shape index (κ2) is 8.27. The Kier molecular flexibility index (Phi) is 6.06. The lowest BCUT2D eigenvalue weighted by Gasteiger charge is -2.34. The summed E-state index contributed by atoms with van der Waals surface area (Å²) in [7, 11) is 0. The summed E-state index contributed by atoms with van der Waals surface area (Å²) in [5.74, 6) is 0.861. The average Bonchev–Trinajstić information content (AvgIpc) is 2.87. The van der Waals surface area contributed by atoms with Gasteiger partial charge in [-0.1, -0.05) is 0 Å². The van der Waals surface area contributed by atoms with E-state index in [0.717, 1.165) is 67.4 Å². The summed E-state index contributed by atoms with van der Waals surface area (Å²) in [6.45, 7) is 12.5. The molecule has 0 N–H and O–H groups in total. The fourth-order valence-electron chi connectivity index (χ4n) is 3.21. The minimum Gasteiger partial charge on any atom is -0.338 e. The highest BCUT2D eigenvalue weighted by Crippen LogP contribution is 2.20. The lowest BCUT2D eigenvalue weighted by Crippen LogP contribution is -2.47. The largest absolute Gasteiger partial charge is 0.338 e. The summed E-state index contributed by atoms with van der Waals surface area (Å²) in [6, 6.07) is 0. The van der Waals surface area contributed by atoms with Crippen LogP contribution in [0, 0.1) is 20.8 Å². The smallest absolute Gasteiger partial charge is 0.225 e. The molecule has 6 nitrogen and oxygen atoms in total. The van der Waals surface area contributed by atoms with E-state index in [4.69, 9.17) is 0 Å². The zero-order valence-electron chi connectivity index (χ0n) is 15.4. The third-order valence-electron chi connectivity index (χ3n) is 4.81. The normalized spacial score (nSPS) is 15.8. The molecule has 3 heterocycles. The molecule has 136 valence electrons. The maximum Gasteiger partial charge on any atom is 0.225 e. The van der Waals surface area contributed by atoms with Crippen LogP contribution in [0.15, 0.2) is 16.9 Å². The third kappa shape index (κ3) is 4.58. The van der Waals surface area contributed by atoms with Crippen molar-refractivity contribution in [3.63, 3.8) is 0 Å². The number of nitrogens with zero attached hydrogens (tertiary/aromatic N) is 6. The number of hydrogen-bond donors (Lipinski definition) is 0. The zero-order valence-corrected chi connectivity index (χ0v) is 17.0. The van der Waals surface area contributed by atoms with E-state index < -0.39 is 0 Å². The molecule has 0 radical (unpaired) electrons. The number of aromatic nitrogens is 4. The van der Waals surface area contributed by atoms with Gasteiger partial charge >= 0.3 is 0 Å². The molecule has 2 aromatic rings. The van der Waals surface area contributed by atoms with E-state index in [1.165, 1.54) is 12.1 Å². The summed E-state index contributed by atoms with van der Waals surface area (Å²) < 4.78 is 3.26. The van der Waals surface area contributed by atoms with Crippen LogP contribution in [0.2, 0.25) is 0 Å². The van der Waals surface area contributed by atoms with Gasteiger partial charge in [-0.2, -0.15) is 5.10 Å². The fourth-order valence-corrected chi connectivity index (χ4v) is 3.49. The molecule has 0 spiro atoms. The summed E-state index contributed by atoms with van der Waals surface area (Å²) in [6.07, 6.45) is 6.16. The molecule has 0 aliphatic carbocycles. The SMILES string of the molecule is Cc1cnc(N2CCN(CCCCn3nc(C)c(Br)c3C)CC2)nc1. The van der Waals surface area contributed by atoms with E-state index >= 15 is 0 Å². The van der Waals surface area contributed by atoms with Gasteiger partial charge in [0, 0.05) is 50.8 Å². The van der Waals surface area contributed by atoms with Crippen molar-refractivity contribution in [2.75, 3.05) is 37.6 Å². The van der Waals surface area contributed by atoms with E-state index in [1.807, 2.05) is 26.2 Å². The number of unbranched alkanes of at least 4 members (excludes halogenated alkanes) is 1. The van der Waals surface area contributed by atoms with Crippen LogP contribution in [0.5, 0.6) is 0 Å². The van der Waals surface area contributed by atoms with Gasteiger partial charge in [0.05, 0.1) is 10.2 Å². The van der Waals surface area contributed by atoms with E-state index in [-0.39, 0.29) is 0 Å². The Balaban J connectivity index is 1.38. The number of aryl methyl sites for hydroxylation is 3. The standard InChI is InChI=1S/C18H27BrN6/c1-14-12-20-18(21-13-14)24-10-8-23(9-11-24)6-4-5-7-25-16(3)17(19)15(2)22-25/h12-13H,4-11H2,1-3H3. The van der Waals surface area contributed by atoms with Crippen LogP contribution in [-0.2, 0) is 6.54 Å². The molecule has 0 atom stereocenters. The molecule has 0 amide bonds. The van der Waals surface area contributed by atoms with Gasteiger partial charge < -0.3 is 4.90 Å². The first-order valence-electron chi connectivity index (χ1n) is 9.00. The number of halogens is 1. The molecule has 0 unspecified atom stereocenters. The summed E-state index contributed by atoms with van der Waals surface area (Å²) in [4.78, 5) is 13.7. The predicted molar refractivity (Wildman–Crippen MR) is 104 cm³/mol. The maximum atomic E-state index is 4.58. The number of hydrogen-bond acceptors (Lipinski definition) is 5. The van der Waals surface area contributed by atoms with Gasteiger partial charge in [-0.15, -0.1) is 0 Å². The molecule has 2 aromatic heterocycles. The fraction of sp³-hybridized carbons (Fsp3) is 0.611. The molecule has 1 fully saturated rings. The van der Waals surface area contributed by atoms with Gasteiger partial charge in [0.15, 0.2) is 0 Å². The second-order valence-electron chi connectivity index (χ2n) is 6.80. The summed E-state index contributed by atoms with van der Waals surface area (Å²) >= 11 is 3.59. The van der Waals surface area contributed by atoms with Gasteiger partial charge in [0.1, 0.15) is 0 Å². The second-order valence-corrected chi connectivity index (χ2v) is 7.60. The molecule has 0 aromatic carbocycles. The van der Waals surface area contributed by atoms with Gasteiger partial charge in [0.25, 0.3) is 0 Å². The van der Waals surface area contributed by atoms with E-state index in [1.54, 1.807) is 0 Å². The molecule has 0 bridgehead atoms. The summed E-state index contributed by atoms with van der Waals surface area (Å²) in [5.41, 5.74) is 3.41. The first kappa shape index (κ1) is 18.3. The van der Waals surface area contributed by atoms with Crippen LogP contribution < -0.4 is 4.90 Å². The van der Waals surface area contributed by atoms with Crippen molar-refractivity contribution >= 4 is 21.9 Å². The number of rotatable bonds is 6. The molecule has 7 heteroatoms. The molecule has 1 aliphatic heterocycles. The van der Waals surface area contributed by atoms with Crippen LogP contribution in [0.3, 0.4) is 0 Å². The first-order chi connectivity index (χ1) is 12.0. The van der Waals surface area contributed by atoms with Crippen molar-refractivity contribution in [3.8, 4) is 0 Å². The van der Waals surface area contributed by atoms with Gasteiger partial charge in [0.2, 0.25) is 5.95 Å². The Bertz CT molecular complexity index is 688. The minimum absolute atomic E-state index is 0.861. The molecular formula is C18H27BrN6. The van der Waals surface area contributed by atoms with E-state index in [9.17, 15) is 0 Å². The zero-order chi connectivity index (χ0) is 17.8. The topological polar surface area (TPSA) is 50.1 Å². The first-order valence-corrected chi connectivity index (χ1v) is 9.79. The molecule has 1 saturated heterocycles. The Labute approximate surface area is 158 Å². The Morgan fingerprint density at radius 1 is 0.960 bits per heavy atom. The van der Waals surface area contributed by atoms with Crippen LogP contribution in [0.4, 0.5) is 5.95 Å². The summed E-state index contributed by atoms with van der Waals surface area (Å²) in [5, 5.41) is 4.58.